The maximum Gasteiger partial charge on any atom is 0.341 e. The summed E-state index contributed by atoms with van der Waals surface area (Å²) in [5.74, 6) is -0.573. The van der Waals surface area contributed by atoms with Gasteiger partial charge in [-0.05, 0) is 36.3 Å². The Kier molecular flexibility index (Phi) is 7.12. The Bertz CT molecular complexity index is 981. The van der Waals surface area contributed by atoms with Crippen LogP contribution in [0.25, 0.3) is 11.6 Å². The molecule has 0 bridgehead atoms. The van der Waals surface area contributed by atoms with Gasteiger partial charge in [-0.2, -0.15) is 5.26 Å². The highest BCUT2D eigenvalue weighted by Crippen LogP contribution is 2.36. The van der Waals surface area contributed by atoms with Crippen LogP contribution in [0.1, 0.15) is 18.1 Å². The average molecular weight is 447 g/mol. The fourth-order valence-electron chi connectivity index (χ4n) is 2.30. The van der Waals surface area contributed by atoms with E-state index >= 15 is 0 Å². The molecule has 0 unspecified atom stereocenters. The number of hydrogen-bond acceptors (Lipinski definition) is 6. The molecule has 0 amide bonds. The van der Waals surface area contributed by atoms with Crippen LogP contribution in [0, 0.1) is 21.4 Å². The summed E-state index contributed by atoms with van der Waals surface area (Å²) in [6.07, 6.45) is 1.55. The normalized spacial score (nSPS) is 10.8. The summed E-state index contributed by atoms with van der Waals surface area (Å²) in [7, 11) is 0. The molecule has 0 saturated carbocycles. The third-order valence-electron chi connectivity index (χ3n) is 3.50. The number of nitriles is 1. The van der Waals surface area contributed by atoms with Gasteiger partial charge in [-0.1, -0.05) is 28.1 Å². The summed E-state index contributed by atoms with van der Waals surface area (Å²) in [5.41, 5.74) is 1.05. The van der Waals surface area contributed by atoms with Gasteiger partial charge in [0.25, 0.3) is 5.69 Å². The summed E-state index contributed by atoms with van der Waals surface area (Å²) >= 11 is 3.36. The largest absolute Gasteiger partial charge is 0.490 e. The Labute approximate surface area is 168 Å². The van der Waals surface area contributed by atoms with Gasteiger partial charge < -0.3 is 14.6 Å². The Balaban J connectivity index is 2.48. The van der Waals surface area contributed by atoms with Crippen molar-refractivity contribution in [3.05, 3.63) is 62.1 Å². The molecule has 0 heterocycles. The van der Waals surface area contributed by atoms with Gasteiger partial charge in [-0.3, -0.25) is 10.1 Å². The fraction of sp³-hybridized carbons (Fsp3) is 0.158. The molecule has 28 heavy (non-hydrogen) atoms. The molecule has 0 spiro atoms. The van der Waals surface area contributed by atoms with Gasteiger partial charge in [0.2, 0.25) is 0 Å². The number of carboxylic acids is 1. The topological polar surface area (TPSA) is 123 Å². The number of rotatable bonds is 8. The third-order valence-corrected chi connectivity index (χ3v) is 4.19. The third kappa shape index (κ3) is 5.31. The van der Waals surface area contributed by atoms with E-state index in [1.807, 2.05) is 6.07 Å². The zero-order valence-electron chi connectivity index (χ0n) is 14.7. The number of non-ortho nitro benzene ring substituents is 1. The van der Waals surface area contributed by atoms with Crippen LogP contribution in [0.15, 0.2) is 40.9 Å². The first kappa shape index (κ1) is 20.9. The van der Waals surface area contributed by atoms with Crippen LogP contribution < -0.4 is 9.47 Å². The molecule has 8 nitrogen and oxygen atoms in total. The average Bonchev–Trinajstić information content (AvgIpc) is 2.67. The molecule has 0 fully saturated rings. The molecule has 1 N–H and O–H groups in total. The number of hydrogen-bond donors (Lipinski definition) is 1. The van der Waals surface area contributed by atoms with Crippen LogP contribution in [-0.2, 0) is 4.79 Å². The van der Waals surface area contributed by atoms with Crippen molar-refractivity contribution >= 4 is 39.2 Å². The summed E-state index contributed by atoms with van der Waals surface area (Å²) in [4.78, 5) is 21.2. The van der Waals surface area contributed by atoms with Crippen molar-refractivity contribution < 1.29 is 24.3 Å². The van der Waals surface area contributed by atoms with Crippen molar-refractivity contribution in [3.63, 3.8) is 0 Å². The molecule has 0 atom stereocenters. The molecule has 0 aliphatic heterocycles. The lowest BCUT2D eigenvalue weighted by molar-refractivity contribution is -0.384. The van der Waals surface area contributed by atoms with E-state index in [-0.39, 0.29) is 17.0 Å². The number of halogens is 1. The number of allylic oxidation sites excluding steroid dienone is 1. The van der Waals surface area contributed by atoms with Gasteiger partial charge in [0, 0.05) is 16.6 Å². The minimum absolute atomic E-state index is 0.120. The number of nitro benzene ring substituents is 1. The molecular weight excluding hydrogens is 432 g/mol. The second-order valence-electron chi connectivity index (χ2n) is 5.41. The number of carboxylic acid groups (broad SMARTS) is 1. The summed E-state index contributed by atoms with van der Waals surface area (Å²) < 4.78 is 11.3. The standard InChI is InChI=1S/C19H15BrN2O6/c1-2-27-17-8-13(16(20)9-18(17)28-11-19(23)24)6-14(10-21)12-4-3-5-15(7-12)22(25)26/h3-9H,2,11H2,1H3,(H,23,24)/b14-6-. The highest BCUT2D eigenvalue weighted by molar-refractivity contribution is 9.10. The fourth-order valence-corrected chi connectivity index (χ4v) is 2.74. The van der Waals surface area contributed by atoms with E-state index in [0.29, 0.717) is 28.0 Å². The number of ether oxygens (including phenoxy) is 2. The first-order valence-electron chi connectivity index (χ1n) is 8.03. The van der Waals surface area contributed by atoms with E-state index in [2.05, 4.69) is 15.9 Å². The number of nitro groups is 1. The lowest BCUT2D eigenvalue weighted by Gasteiger charge is -2.13. The number of carbonyl (C=O) groups is 1. The van der Waals surface area contributed by atoms with Gasteiger partial charge in [0.15, 0.2) is 18.1 Å². The van der Waals surface area contributed by atoms with Crippen molar-refractivity contribution in [1.82, 2.24) is 0 Å². The highest BCUT2D eigenvalue weighted by Gasteiger charge is 2.14. The lowest BCUT2D eigenvalue weighted by atomic mass is 10.0. The SMILES string of the molecule is CCOc1cc(/C=C(/C#N)c2cccc([N+](=O)[O-])c2)c(Br)cc1OCC(=O)O. The summed E-state index contributed by atoms with van der Waals surface area (Å²) in [5, 5.41) is 29.3. The molecule has 2 aromatic carbocycles. The van der Waals surface area contributed by atoms with Crippen molar-refractivity contribution in [2.24, 2.45) is 0 Å². The van der Waals surface area contributed by atoms with Crippen molar-refractivity contribution in [1.29, 1.82) is 5.26 Å². The zero-order chi connectivity index (χ0) is 20.7. The Hall–Kier alpha value is -3.38. The van der Waals surface area contributed by atoms with Crippen LogP contribution in [0.4, 0.5) is 5.69 Å². The van der Waals surface area contributed by atoms with Gasteiger partial charge in [-0.25, -0.2) is 4.79 Å². The van der Waals surface area contributed by atoms with Crippen molar-refractivity contribution in [3.8, 4) is 17.6 Å². The summed E-state index contributed by atoms with van der Waals surface area (Å²) in [6.45, 7) is 1.56. The van der Waals surface area contributed by atoms with Crippen molar-refractivity contribution in [2.45, 2.75) is 6.92 Å². The van der Waals surface area contributed by atoms with E-state index in [0.717, 1.165) is 0 Å². The van der Waals surface area contributed by atoms with E-state index in [9.17, 15) is 20.2 Å². The van der Waals surface area contributed by atoms with E-state index < -0.39 is 17.5 Å². The molecule has 0 aliphatic rings. The number of nitrogens with zero attached hydrogens (tertiary/aromatic N) is 2. The Morgan fingerprint density at radius 1 is 1.32 bits per heavy atom. The van der Waals surface area contributed by atoms with Gasteiger partial charge in [0.05, 0.1) is 23.2 Å². The molecule has 0 radical (unpaired) electrons. The van der Waals surface area contributed by atoms with Crippen LogP contribution >= 0.6 is 15.9 Å². The number of benzene rings is 2. The minimum Gasteiger partial charge on any atom is -0.490 e. The molecule has 0 saturated heterocycles. The Morgan fingerprint density at radius 2 is 2.04 bits per heavy atom. The Morgan fingerprint density at radius 3 is 2.64 bits per heavy atom. The first-order chi connectivity index (χ1) is 13.3. The minimum atomic E-state index is -1.13. The first-order valence-corrected chi connectivity index (χ1v) is 8.82. The van der Waals surface area contributed by atoms with Crippen LogP contribution in [0.2, 0.25) is 0 Å². The second-order valence-corrected chi connectivity index (χ2v) is 6.27. The van der Waals surface area contributed by atoms with Gasteiger partial charge >= 0.3 is 5.97 Å². The lowest BCUT2D eigenvalue weighted by Crippen LogP contribution is -2.10. The smallest absolute Gasteiger partial charge is 0.341 e. The molecule has 2 rings (SSSR count). The van der Waals surface area contributed by atoms with Crippen LogP contribution in [-0.4, -0.2) is 29.2 Å². The van der Waals surface area contributed by atoms with E-state index in [4.69, 9.17) is 14.6 Å². The second kappa shape index (κ2) is 9.53. The molecular formula is C19H15BrN2O6. The van der Waals surface area contributed by atoms with E-state index in [1.165, 1.54) is 18.2 Å². The molecule has 0 aliphatic carbocycles. The highest BCUT2D eigenvalue weighted by atomic mass is 79.9. The number of aliphatic carboxylic acids is 1. The molecule has 2 aromatic rings. The quantitative estimate of drug-likeness (QED) is 0.277. The summed E-state index contributed by atoms with van der Waals surface area (Å²) in [6, 6.07) is 10.9. The monoisotopic (exact) mass is 446 g/mol. The van der Waals surface area contributed by atoms with Crippen molar-refractivity contribution in [2.75, 3.05) is 13.2 Å². The van der Waals surface area contributed by atoms with E-state index in [1.54, 1.807) is 31.2 Å². The van der Waals surface area contributed by atoms with Crippen LogP contribution in [0.5, 0.6) is 11.5 Å². The van der Waals surface area contributed by atoms with Gasteiger partial charge in [0.1, 0.15) is 0 Å². The molecule has 0 aromatic heterocycles. The van der Waals surface area contributed by atoms with Crippen LogP contribution in [0.3, 0.4) is 0 Å². The predicted molar refractivity (Wildman–Crippen MR) is 105 cm³/mol. The predicted octanol–water partition coefficient (Wildman–Crippen LogP) is 4.28. The molecule has 9 heteroatoms. The maximum atomic E-state index is 11.0. The maximum absolute atomic E-state index is 11.0. The molecule has 144 valence electrons. The van der Waals surface area contributed by atoms with Gasteiger partial charge in [-0.15, -0.1) is 0 Å². The zero-order valence-corrected chi connectivity index (χ0v) is 16.3.